The summed E-state index contributed by atoms with van der Waals surface area (Å²) >= 11 is 0. The summed E-state index contributed by atoms with van der Waals surface area (Å²) in [5.74, 6) is 0.112. The summed E-state index contributed by atoms with van der Waals surface area (Å²) < 4.78 is 0. The fourth-order valence-corrected chi connectivity index (χ4v) is 2.18. The molecule has 1 aliphatic heterocycles. The first-order valence-electron chi connectivity index (χ1n) is 6.21. The molecular formula is C13H19N3O2. The van der Waals surface area contributed by atoms with Crippen LogP contribution < -0.4 is 5.73 Å². The smallest absolute Gasteiger partial charge is 0.254 e. The Morgan fingerprint density at radius 2 is 2.00 bits per heavy atom. The monoisotopic (exact) mass is 249 g/mol. The number of piperazine rings is 1. The van der Waals surface area contributed by atoms with Gasteiger partial charge in [0, 0.05) is 44.8 Å². The lowest BCUT2D eigenvalue weighted by molar-refractivity contribution is 0.0640. The average Bonchev–Trinajstić information content (AvgIpc) is 2.39. The van der Waals surface area contributed by atoms with Gasteiger partial charge in [0.15, 0.2) is 0 Å². The van der Waals surface area contributed by atoms with Crippen LogP contribution in [0.5, 0.6) is 5.75 Å². The van der Waals surface area contributed by atoms with Crippen LogP contribution in [0.1, 0.15) is 10.4 Å². The van der Waals surface area contributed by atoms with Gasteiger partial charge in [0.05, 0.1) is 0 Å². The topological polar surface area (TPSA) is 69.8 Å². The molecule has 0 aromatic heterocycles. The van der Waals surface area contributed by atoms with Gasteiger partial charge in [-0.1, -0.05) is 6.07 Å². The number of rotatable bonds is 3. The largest absolute Gasteiger partial charge is 0.508 e. The van der Waals surface area contributed by atoms with Gasteiger partial charge in [-0.3, -0.25) is 9.69 Å². The lowest BCUT2D eigenvalue weighted by Crippen LogP contribution is -2.49. The summed E-state index contributed by atoms with van der Waals surface area (Å²) in [5, 5.41) is 9.38. The normalized spacial score (nSPS) is 16.8. The molecule has 1 aromatic rings. The van der Waals surface area contributed by atoms with Crippen molar-refractivity contribution in [2.75, 3.05) is 39.3 Å². The minimum atomic E-state index is -0.0155. The van der Waals surface area contributed by atoms with Crippen molar-refractivity contribution in [3.8, 4) is 5.75 Å². The molecule has 2 rings (SSSR count). The lowest BCUT2D eigenvalue weighted by atomic mass is 10.1. The first-order valence-corrected chi connectivity index (χ1v) is 6.21. The molecule has 98 valence electrons. The van der Waals surface area contributed by atoms with Crippen LogP contribution in [0, 0.1) is 0 Å². The SMILES string of the molecule is NCCN1CCN(C(=O)c2cccc(O)c2)CC1. The Bertz CT molecular complexity index is 414. The molecule has 0 spiro atoms. The minimum absolute atomic E-state index is 0.0155. The number of phenolic OH excluding ortho intramolecular Hbond substituents is 1. The van der Waals surface area contributed by atoms with Gasteiger partial charge in [-0.25, -0.2) is 0 Å². The molecule has 18 heavy (non-hydrogen) atoms. The van der Waals surface area contributed by atoms with E-state index in [-0.39, 0.29) is 11.7 Å². The van der Waals surface area contributed by atoms with Crippen molar-refractivity contribution in [3.63, 3.8) is 0 Å². The minimum Gasteiger partial charge on any atom is -0.508 e. The highest BCUT2D eigenvalue weighted by Gasteiger charge is 2.21. The highest BCUT2D eigenvalue weighted by Crippen LogP contribution is 2.14. The molecule has 0 radical (unpaired) electrons. The van der Waals surface area contributed by atoms with Gasteiger partial charge >= 0.3 is 0 Å². The molecule has 1 heterocycles. The molecule has 1 amide bonds. The van der Waals surface area contributed by atoms with Gasteiger partial charge < -0.3 is 15.7 Å². The van der Waals surface area contributed by atoms with E-state index in [4.69, 9.17) is 5.73 Å². The van der Waals surface area contributed by atoms with Gasteiger partial charge in [-0.05, 0) is 18.2 Å². The second kappa shape index (κ2) is 5.84. The third-order valence-electron chi connectivity index (χ3n) is 3.20. The molecular weight excluding hydrogens is 230 g/mol. The fraction of sp³-hybridized carbons (Fsp3) is 0.462. The van der Waals surface area contributed by atoms with Gasteiger partial charge in [-0.15, -0.1) is 0 Å². The lowest BCUT2D eigenvalue weighted by Gasteiger charge is -2.34. The molecule has 1 aromatic carbocycles. The van der Waals surface area contributed by atoms with E-state index in [1.807, 2.05) is 4.90 Å². The number of carbonyl (C=O) groups is 1. The van der Waals surface area contributed by atoms with E-state index < -0.39 is 0 Å². The number of nitrogens with zero attached hydrogens (tertiary/aromatic N) is 2. The summed E-state index contributed by atoms with van der Waals surface area (Å²) in [6.07, 6.45) is 0. The van der Waals surface area contributed by atoms with Crippen LogP contribution in [0.25, 0.3) is 0 Å². The first-order chi connectivity index (χ1) is 8.70. The number of carbonyl (C=O) groups excluding carboxylic acids is 1. The predicted octanol–water partition coefficient (Wildman–Crippen LogP) is 0.109. The van der Waals surface area contributed by atoms with Crippen molar-refractivity contribution < 1.29 is 9.90 Å². The van der Waals surface area contributed by atoms with E-state index in [9.17, 15) is 9.90 Å². The Kier molecular flexibility index (Phi) is 4.17. The number of hydrogen-bond donors (Lipinski definition) is 2. The van der Waals surface area contributed by atoms with Crippen LogP contribution in [-0.2, 0) is 0 Å². The second-order valence-electron chi connectivity index (χ2n) is 4.47. The maximum absolute atomic E-state index is 12.2. The van der Waals surface area contributed by atoms with Gasteiger partial charge in [-0.2, -0.15) is 0 Å². The number of benzene rings is 1. The molecule has 1 fully saturated rings. The molecule has 5 nitrogen and oxygen atoms in total. The molecule has 1 aliphatic rings. The Morgan fingerprint density at radius 3 is 2.61 bits per heavy atom. The highest BCUT2D eigenvalue weighted by atomic mass is 16.3. The molecule has 0 saturated carbocycles. The Labute approximate surface area is 107 Å². The van der Waals surface area contributed by atoms with E-state index in [2.05, 4.69) is 4.90 Å². The summed E-state index contributed by atoms with van der Waals surface area (Å²) in [6, 6.07) is 6.49. The average molecular weight is 249 g/mol. The zero-order chi connectivity index (χ0) is 13.0. The number of phenols is 1. The van der Waals surface area contributed by atoms with Crippen molar-refractivity contribution in [3.05, 3.63) is 29.8 Å². The summed E-state index contributed by atoms with van der Waals surface area (Å²) in [6.45, 7) is 4.70. The Hall–Kier alpha value is -1.59. The summed E-state index contributed by atoms with van der Waals surface area (Å²) in [5.41, 5.74) is 6.06. The molecule has 0 aliphatic carbocycles. The Morgan fingerprint density at radius 1 is 1.28 bits per heavy atom. The van der Waals surface area contributed by atoms with Crippen molar-refractivity contribution in [1.29, 1.82) is 0 Å². The maximum Gasteiger partial charge on any atom is 0.254 e. The van der Waals surface area contributed by atoms with Crippen molar-refractivity contribution in [1.82, 2.24) is 9.80 Å². The zero-order valence-electron chi connectivity index (χ0n) is 10.4. The third kappa shape index (κ3) is 3.00. The van der Waals surface area contributed by atoms with E-state index in [0.717, 1.165) is 19.6 Å². The van der Waals surface area contributed by atoms with E-state index in [1.54, 1.807) is 18.2 Å². The molecule has 0 atom stereocenters. The van der Waals surface area contributed by atoms with Crippen LogP contribution in [0.15, 0.2) is 24.3 Å². The van der Waals surface area contributed by atoms with Gasteiger partial charge in [0.1, 0.15) is 5.75 Å². The van der Waals surface area contributed by atoms with Crippen LogP contribution in [0.4, 0.5) is 0 Å². The molecule has 5 heteroatoms. The predicted molar refractivity (Wildman–Crippen MR) is 69.5 cm³/mol. The number of aromatic hydroxyl groups is 1. The third-order valence-corrected chi connectivity index (χ3v) is 3.20. The second-order valence-corrected chi connectivity index (χ2v) is 4.47. The quantitative estimate of drug-likeness (QED) is 0.797. The fourth-order valence-electron chi connectivity index (χ4n) is 2.18. The summed E-state index contributed by atoms with van der Waals surface area (Å²) in [4.78, 5) is 16.3. The van der Waals surface area contributed by atoms with Gasteiger partial charge in [0.2, 0.25) is 0 Å². The van der Waals surface area contributed by atoms with Crippen molar-refractivity contribution in [2.45, 2.75) is 0 Å². The molecule has 0 bridgehead atoms. The number of amides is 1. The molecule has 1 saturated heterocycles. The van der Waals surface area contributed by atoms with E-state index in [0.29, 0.717) is 25.2 Å². The standard InChI is InChI=1S/C13H19N3O2/c14-4-5-15-6-8-16(9-7-15)13(18)11-2-1-3-12(17)10-11/h1-3,10,17H,4-9,14H2. The zero-order valence-corrected chi connectivity index (χ0v) is 10.4. The summed E-state index contributed by atoms with van der Waals surface area (Å²) in [7, 11) is 0. The van der Waals surface area contributed by atoms with Crippen LogP contribution >= 0.6 is 0 Å². The van der Waals surface area contributed by atoms with Crippen molar-refractivity contribution >= 4 is 5.91 Å². The highest BCUT2D eigenvalue weighted by molar-refractivity contribution is 5.94. The van der Waals surface area contributed by atoms with E-state index in [1.165, 1.54) is 6.07 Å². The molecule has 0 unspecified atom stereocenters. The number of hydrogen-bond acceptors (Lipinski definition) is 4. The van der Waals surface area contributed by atoms with Crippen LogP contribution in [0.3, 0.4) is 0 Å². The number of nitrogens with two attached hydrogens (primary N) is 1. The maximum atomic E-state index is 12.2. The molecule has 3 N–H and O–H groups in total. The Balaban J connectivity index is 1.95. The first kappa shape index (κ1) is 12.9. The van der Waals surface area contributed by atoms with Gasteiger partial charge in [0.25, 0.3) is 5.91 Å². The van der Waals surface area contributed by atoms with Crippen LogP contribution in [0.2, 0.25) is 0 Å². The van der Waals surface area contributed by atoms with Crippen molar-refractivity contribution in [2.24, 2.45) is 5.73 Å². The van der Waals surface area contributed by atoms with E-state index >= 15 is 0 Å². The van der Waals surface area contributed by atoms with Crippen LogP contribution in [-0.4, -0.2) is 60.1 Å².